The van der Waals surface area contributed by atoms with Gasteiger partial charge >= 0.3 is 0 Å². The van der Waals surface area contributed by atoms with E-state index in [4.69, 9.17) is 4.74 Å². The first-order valence-corrected chi connectivity index (χ1v) is 8.35. The smallest absolute Gasteiger partial charge is 0.234 e. The highest BCUT2D eigenvalue weighted by molar-refractivity contribution is 5.78. The van der Waals surface area contributed by atoms with Crippen molar-refractivity contribution < 1.29 is 9.53 Å². The van der Waals surface area contributed by atoms with E-state index in [1.807, 2.05) is 24.3 Å². The number of fused-ring (bicyclic) bond motifs is 1. The molecule has 22 heavy (non-hydrogen) atoms. The first-order chi connectivity index (χ1) is 10.6. The Kier molecular flexibility index (Phi) is 4.67. The molecule has 0 saturated carbocycles. The molecule has 1 fully saturated rings. The van der Waals surface area contributed by atoms with Crippen LogP contribution < -0.4 is 10.1 Å². The summed E-state index contributed by atoms with van der Waals surface area (Å²) in [5.41, 5.74) is 1.10. The maximum Gasteiger partial charge on any atom is 0.234 e. The van der Waals surface area contributed by atoms with Gasteiger partial charge in [0.05, 0.1) is 19.2 Å². The van der Waals surface area contributed by atoms with Crippen LogP contribution in [0.3, 0.4) is 0 Å². The van der Waals surface area contributed by atoms with Crippen molar-refractivity contribution in [2.45, 2.75) is 32.7 Å². The van der Waals surface area contributed by atoms with Gasteiger partial charge in [0.15, 0.2) is 0 Å². The number of nitrogens with zero attached hydrogens (tertiary/aromatic N) is 1. The monoisotopic (exact) mass is 302 g/mol. The maximum absolute atomic E-state index is 12.4. The van der Waals surface area contributed by atoms with Gasteiger partial charge in [0, 0.05) is 25.1 Å². The molecule has 1 amide bonds. The summed E-state index contributed by atoms with van der Waals surface area (Å²) in [5.74, 6) is 2.39. The minimum Gasteiger partial charge on any atom is -0.493 e. The van der Waals surface area contributed by atoms with Crippen molar-refractivity contribution in [1.29, 1.82) is 0 Å². The van der Waals surface area contributed by atoms with Crippen LogP contribution in [-0.4, -0.2) is 37.0 Å². The molecule has 1 N–H and O–H groups in total. The van der Waals surface area contributed by atoms with Crippen LogP contribution in [-0.2, 0) is 4.79 Å². The standard InChI is InChI=1S/C18H26N2O2/c1-13-9-14(2)11-20(10-13)12-18(21)19-16-7-8-22-17-6-4-3-5-15(16)17/h3-6,13-14,16H,7-12H2,1-2H3,(H,19,21). The van der Waals surface area contributed by atoms with Crippen LogP contribution in [0.15, 0.2) is 24.3 Å². The second-order valence-corrected chi connectivity index (χ2v) is 6.94. The lowest BCUT2D eigenvalue weighted by Gasteiger charge is -2.35. The first kappa shape index (κ1) is 15.3. The summed E-state index contributed by atoms with van der Waals surface area (Å²) in [6.45, 7) is 7.78. The number of nitrogens with one attached hydrogen (secondary N) is 1. The summed E-state index contributed by atoms with van der Waals surface area (Å²) >= 11 is 0. The van der Waals surface area contributed by atoms with Crippen molar-refractivity contribution in [3.05, 3.63) is 29.8 Å². The van der Waals surface area contributed by atoms with Crippen LogP contribution in [0.1, 0.15) is 38.3 Å². The Morgan fingerprint density at radius 3 is 2.77 bits per heavy atom. The molecule has 1 aromatic carbocycles. The Morgan fingerprint density at radius 1 is 1.27 bits per heavy atom. The molecule has 2 aliphatic heterocycles. The lowest BCUT2D eigenvalue weighted by Crippen LogP contribution is -2.45. The van der Waals surface area contributed by atoms with Gasteiger partial charge in [-0.25, -0.2) is 0 Å². The third-order valence-electron chi connectivity index (χ3n) is 4.61. The molecule has 3 atom stereocenters. The summed E-state index contributed by atoms with van der Waals surface area (Å²) in [7, 11) is 0. The number of rotatable bonds is 3. The van der Waals surface area contributed by atoms with Crippen molar-refractivity contribution in [3.63, 3.8) is 0 Å². The van der Waals surface area contributed by atoms with Crippen LogP contribution in [0.25, 0.3) is 0 Å². The zero-order valence-corrected chi connectivity index (χ0v) is 13.5. The highest BCUT2D eigenvalue weighted by Gasteiger charge is 2.26. The molecule has 3 rings (SSSR count). The van der Waals surface area contributed by atoms with E-state index in [0.717, 1.165) is 30.8 Å². The molecule has 0 bridgehead atoms. The molecule has 1 aromatic rings. The number of hydrogen-bond acceptors (Lipinski definition) is 3. The van der Waals surface area contributed by atoms with E-state index in [9.17, 15) is 4.79 Å². The van der Waals surface area contributed by atoms with Gasteiger partial charge in [-0.2, -0.15) is 0 Å². The van der Waals surface area contributed by atoms with Crippen LogP contribution >= 0.6 is 0 Å². The van der Waals surface area contributed by atoms with Gasteiger partial charge in [-0.1, -0.05) is 32.0 Å². The summed E-state index contributed by atoms with van der Waals surface area (Å²) < 4.78 is 5.65. The van der Waals surface area contributed by atoms with Crippen LogP contribution in [0.4, 0.5) is 0 Å². The molecule has 3 unspecified atom stereocenters. The van der Waals surface area contributed by atoms with Gasteiger partial charge < -0.3 is 10.1 Å². The molecule has 1 saturated heterocycles. The van der Waals surface area contributed by atoms with E-state index in [2.05, 4.69) is 24.1 Å². The normalized spacial score (nSPS) is 28.5. The number of carbonyl (C=O) groups is 1. The topological polar surface area (TPSA) is 41.6 Å². The quantitative estimate of drug-likeness (QED) is 0.933. The average Bonchev–Trinajstić information content (AvgIpc) is 2.46. The Morgan fingerprint density at radius 2 is 2.00 bits per heavy atom. The van der Waals surface area contributed by atoms with Gasteiger partial charge in [0.1, 0.15) is 5.75 Å². The van der Waals surface area contributed by atoms with Crippen molar-refractivity contribution in [3.8, 4) is 5.75 Å². The van der Waals surface area contributed by atoms with Crippen LogP contribution in [0.5, 0.6) is 5.75 Å². The van der Waals surface area contributed by atoms with Gasteiger partial charge in [-0.05, 0) is 24.3 Å². The summed E-state index contributed by atoms with van der Waals surface area (Å²) in [6.07, 6.45) is 2.11. The third kappa shape index (κ3) is 3.61. The molecule has 0 aliphatic carbocycles. The molecule has 4 nitrogen and oxygen atoms in total. The predicted octanol–water partition coefficient (Wildman–Crippen LogP) is 2.60. The number of ether oxygens (including phenoxy) is 1. The second-order valence-electron chi connectivity index (χ2n) is 6.94. The number of amides is 1. The van der Waals surface area contributed by atoms with Crippen LogP contribution in [0.2, 0.25) is 0 Å². The lowest BCUT2D eigenvalue weighted by molar-refractivity contribution is -0.123. The van der Waals surface area contributed by atoms with E-state index in [0.29, 0.717) is 25.0 Å². The van der Waals surface area contributed by atoms with Crippen molar-refractivity contribution in [2.75, 3.05) is 26.2 Å². The molecule has 0 aromatic heterocycles. The fourth-order valence-corrected chi connectivity index (χ4v) is 3.86. The van der Waals surface area contributed by atoms with Gasteiger partial charge in [0.25, 0.3) is 0 Å². The fourth-order valence-electron chi connectivity index (χ4n) is 3.86. The Labute approximate surface area is 132 Å². The molecular formula is C18H26N2O2. The van der Waals surface area contributed by atoms with Gasteiger partial charge in [-0.15, -0.1) is 0 Å². The number of hydrogen-bond donors (Lipinski definition) is 1. The molecule has 0 radical (unpaired) electrons. The van der Waals surface area contributed by atoms with E-state index < -0.39 is 0 Å². The number of piperidine rings is 1. The molecule has 2 heterocycles. The number of likely N-dealkylation sites (tertiary alicyclic amines) is 1. The second kappa shape index (κ2) is 6.69. The summed E-state index contributed by atoms with van der Waals surface area (Å²) in [4.78, 5) is 14.7. The van der Waals surface area contributed by atoms with E-state index in [1.54, 1.807) is 0 Å². The molecule has 2 aliphatic rings. The van der Waals surface area contributed by atoms with E-state index >= 15 is 0 Å². The Balaban J connectivity index is 1.58. The number of carbonyl (C=O) groups excluding carboxylic acids is 1. The number of benzene rings is 1. The van der Waals surface area contributed by atoms with E-state index in [-0.39, 0.29) is 11.9 Å². The molecule has 4 heteroatoms. The van der Waals surface area contributed by atoms with Crippen molar-refractivity contribution >= 4 is 5.91 Å². The molecular weight excluding hydrogens is 276 g/mol. The fraction of sp³-hybridized carbons (Fsp3) is 0.611. The van der Waals surface area contributed by atoms with Gasteiger partial charge in [0.2, 0.25) is 5.91 Å². The summed E-state index contributed by atoms with van der Waals surface area (Å²) in [6, 6.07) is 8.07. The zero-order chi connectivity index (χ0) is 15.5. The largest absolute Gasteiger partial charge is 0.493 e. The number of para-hydroxylation sites is 1. The average molecular weight is 302 g/mol. The van der Waals surface area contributed by atoms with E-state index in [1.165, 1.54) is 6.42 Å². The maximum atomic E-state index is 12.4. The highest BCUT2D eigenvalue weighted by Crippen LogP contribution is 2.31. The minimum absolute atomic E-state index is 0.0806. The first-order valence-electron chi connectivity index (χ1n) is 8.35. The lowest BCUT2D eigenvalue weighted by atomic mass is 9.92. The zero-order valence-electron chi connectivity index (χ0n) is 13.5. The third-order valence-corrected chi connectivity index (χ3v) is 4.61. The SMILES string of the molecule is CC1CC(C)CN(CC(=O)NC2CCOc3ccccc32)C1. The van der Waals surface area contributed by atoms with Crippen molar-refractivity contribution in [1.82, 2.24) is 10.2 Å². The Hall–Kier alpha value is -1.55. The highest BCUT2D eigenvalue weighted by atomic mass is 16.5. The summed E-state index contributed by atoms with van der Waals surface area (Å²) in [5, 5.41) is 3.19. The molecule has 120 valence electrons. The molecule has 0 spiro atoms. The minimum atomic E-state index is 0.0806. The van der Waals surface area contributed by atoms with Crippen molar-refractivity contribution in [2.24, 2.45) is 11.8 Å². The van der Waals surface area contributed by atoms with Gasteiger partial charge in [-0.3, -0.25) is 9.69 Å². The Bertz CT molecular complexity index is 522. The predicted molar refractivity (Wildman–Crippen MR) is 86.8 cm³/mol. The van der Waals surface area contributed by atoms with Crippen LogP contribution in [0, 0.1) is 11.8 Å².